The van der Waals surface area contributed by atoms with E-state index >= 15 is 0 Å². The number of rotatable bonds is 1. The molecule has 1 aromatic rings. The molecule has 0 saturated heterocycles. The summed E-state index contributed by atoms with van der Waals surface area (Å²) in [6.07, 6.45) is 1.07. The zero-order valence-corrected chi connectivity index (χ0v) is 7.83. The number of nitrogens with two attached hydrogens (primary N) is 1. The predicted octanol–water partition coefficient (Wildman–Crippen LogP) is 1.11. The third-order valence-electron chi connectivity index (χ3n) is 2.54. The fraction of sp³-hybridized carbons (Fsp3) is 0.300. The highest BCUT2D eigenvalue weighted by Crippen LogP contribution is 2.40. The number of nitrogen functional groups attached to an aromatic ring is 1. The van der Waals surface area contributed by atoms with Crippen LogP contribution < -0.4 is 10.5 Å². The van der Waals surface area contributed by atoms with Gasteiger partial charge in [-0.05, 0) is 18.1 Å². The number of ketones is 1. The number of ether oxygens (including phenoxy) is 1. The monoisotopic (exact) mass is 193 g/mol. The van der Waals surface area contributed by atoms with Crippen molar-refractivity contribution in [3.63, 3.8) is 0 Å². The van der Waals surface area contributed by atoms with Gasteiger partial charge in [-0.3, -0.25) is 4.79 Å². The van der Waals surface area contributed by atoms with Crippen LogP contribution in [0.3, 0.4) is 0 Å². The van der Waals surface area contributed by atoms with Crippen molar-refractivity contribution < 1.29 is 14.6 Å². The van der Waals surface area contributed by atoms with Crippen molar-refractivity contribution in [2.45, 2.75) is 12.8 Å². The number of benzene rings is 1. The van der Waals surface area contributed by atoms with Crippen LogP contribution in [0.25, 0.3) is 0 Å². The van der Waals surface area contributed by atoms with Gasteiger partial charge in [0, 0.05) is 12.0 Å². The zero-order valence-electron chi connectivity index (χ0n) is 7.83. The average molecular weight is 193 g/mol. The summed E-state index contributed by atoms with van der Waals surface area (Å²) in [5, 5.41) is 9.59. The van der Waals surface area contributed by atoms with Crippen molar-refractivity contribution in [2.75, 3.05) is 12.8 Å². The van der Waals surface area contributed by atoms with Gasteiger partial charge in [-0.1, -0.05) is 0 Å². The van der Waals surface area contributed by atoms with Crippen LogP contribution in [-0.2, 0) is 6.42 Å². The molecule has 4 nitrogen and oxygen atoms in total. The van der Waals surface area contributed by atoms with Crippen LogP contribution in [0.15, 0.2) is 6.07 Å². The minimum atomic E-state index is -0.0686. The number of hydrogen-bond donors (Lipinski definition) is 2. The maximum absolute atomic E-state index is 11.4. The highest BCUT2D eigenvalue weighted by Gasteiger charge is 2.25. The van der Waals surface area contributed by atoms with Gasteiger partial charge in [0.05, 0.1) is 12.8 Å². The second-order valence-corrected chi connectivity index (χ2v) is 3.29. The van der Waals surface area contributed by atoms with Crippen LogP contribution in [0.1, 0.15) is 22.3 Å². The van der Waals surface area contributed by atoms with Crippen molar-refractivity contribution in [2.24, 2.45) is 0 Å². The molecule has 0 aliphatic heterocycles. The highest BCUT2D eigenvalue weighted by atomic mass is 16.5. The SMILES string of the molecule is COc1cc2c(c(N)c1O)CCC2=O. The fourth-order valence-corrected chi connectivity index (χ4v) is 1.75. The van der Waals surface area contributed by atoms with Crippen LogP contribution in [0.5, 0.6) is 11.5 Å². The van der Waals surface area contributed by atoms with Gasteiger partial charge in [0.15, 0.2) is 17.3 Å². The first-order valence-electron chi connectivity index (χ1n) is 4.36. The molecule has 2 rings (SSSR count). The summed E-state index contributed by atoms with van der Waals surface area (Å²) in [6, 6.07) is 1.55. The molecule has 0 radical (unpaired) electrons. The summed E-state index contributed by atoms with van der Waals surface area (Å²) in [7, 11) is 1.43. The molecule has 4 heteroatoms. The number of carbonyl (C=O) groups is 1. The number of hydrogen-bond acceptors (Lipinski definition) is 4. The third kappa shape index (κ3) is 1.04. The minimum Gasteiger partial charge on any atom is -0.503 e. The molecule has 0 amide bonds. The molecule has 3 N–H and O–H groups in total. The molecule has 74 valence electrons. The van der Waals surface area contributed by atoms with Gasteiger partial charge >= 0.3 is 0 Å². The number of Topliss-reactive ketones (excluding diaryl/α,β-unsaturated/α-hetero) is 1. The topological polar surface area (TPSA) is 72.6 Å². The summed E-state index contributed by atoms with van der Waals surface area (Å²) in [5.41, 5.74) is 7.28. The van der Waals surface area contributed by atoms with Crippen LogP contribution >= 0.6 is 0 Å². The smallest absolute Gasteiger partial charge is 0.181 e. The number of phenolic OH excluding ortho intramolecular Hbond substituents is 1. The molecule has 14 heavy (non-hydrogen) atoms. The molecule has 1 aromatic carbocycles. The Labute approximate surface area is 81.3 Å². The first-order chi connectivity index (χ1) is 6.65. The van der Waals surface area contributed by atoms with Gasteiger partial charge in [0.25, 0.3) is 0 Å². The van der Waals surface area contributed by atoms with Gasteiger partial charge < -0.3 is 15.6 Å². The summed E-state index contributed by atoms with van der Waals surface area (Å²) in [5.74, 6) is 0.252. The maximum Gasteiger partial charge on any atom is 0.181 e. The lowest BCUT2D eigenvalue weighted by Gasteiger charge is -2.09. The van der Waals surface area contributed by atoms with Crippen LogP contribution in [0.4, 0.5) is 5.69 Å². The first kappa shape index (κ1) is 8.87. The molecule has 0 spiro atoms. The highest BCUT2D eigenvalue weighted by molar-refractivity contribution is 6.03. The molecular formula is C10H11NO3. The number of phenols is 1. The Morgan fingerprint density at radius 3 is 2.86 bits per heavy atom. The lowest BCUT2D eigenvalue weighted by atomic mass is 10.1. The molecule has 1 aliphatic rings. The lowest BCUT2D eigenvalue weighted by molar-refractivity contribution is 0.0994. The van der Waals surface area contributed by atoms with Crippen molar-refractivity contribution >= 4 is 11.5 Å². The van der Waals surface area contributed by atoms with E-state index in [1.165, 1.54) is 7.11 Å². The molecule has 0 atom stereocenters. The van der Waals surface area contributed by atoms with Crippen molar-refractivity contribution in [3.8, 4) is 11.5 Å². The Morgan fingerprint density at radius 2 is 2.21 bits per heavy atom. The summed E-state index contributed by atoms with van der Waals surface area (Å²) in [6.45, 7) is 0. The van der Waals surface area contributed by atoms with E-state index in [1.807, 2.05) is 0 Å². The molecule has 0 saturated carbocycles. The van der Waals surface area contributed by atoms with E-state index in [9.17, 15) is 9.90 Å². The molecule has 1 aliphatic carbocycles. The molecular weight excluding hydrogens is 182 g/mol. The van der Waals surface area contributed by atoms with Gasteiger partial charge in [-0.25, -0.2) is 0 Å². The Bertz CT molecular complexity index is 412. The average Bonchev–Trinajstić information content (AvgIpc) is 2.54. The number of carbonyl (C=O) groups excluding carboxylic acids is 1. The number of anilines is 1. The van der Waals surface area contributed by atoms with E-state index in [1.54, 1.807) is 6.07 Å². The quantitative estimate of drug-likeness (QED) is 0.517. The summed E-state index contributed by atoms with van der Waals surface area (Å²) in [4.78, 5) is 11.4. The zero-order chi connectivity index (χ0) is 10.3. The minimum absolute atomic E-state index is 0.0602. The van der Waals surface area contributed by atoms with E-state index in [0.717, 1.165) is 5.56 Å². The standard InChI is InChI=1S/C10H11NO3/c1-14-8-4-6-5(2-3-7(6)12)9(11)10(8)13/h4,13H,2-3,11H2,1H3. The van der Waals surface area contributed by atoms with Crippen LogP contribution in [0.2, 0.25) is 0 Å². The van der Waals surface area contributed by atoms with E-state index in [2.05, 4.69) is 0 Å². The van der Waals surface area contributed by atoms with Gasteiger partial charge in [-0.15, -0.1) is 0 Å². The normalized spacial score (nSPS) is 14.2. The molecule has 0 fully saturated rings. The maximum atomic E-state index is 11.4. The van der Waals surface area contributed by atoms with E-state index in [4.69, 9.17) is 10.5 Å². The van der Waals surface area contributed by atoms with Crippen LogP contribution in [0, 0.1) is 0 Å². The second kappa shape index (κ2) is 2.90. The summed E-state index contributed by atoms with van der Waals surface area (Å²) < 4.78 is 4.92. The largest absolute Gasteiger partial charge is 0.503 e. The van der Waals surface area contributed by atoms with Gasteiger partial charge in [0.1, 0.15) is 0 Å². The Balaban J connectivity index is 2.68. The Morgan fingerprint density at radius 1 is 1.50 bits per heavy atom. The molecule has 0 aromatic heterocycles. The lowest BCUT2D eigenvalue weighted by Crippen LogP contribution is -1.98. The van der Waals surface area contributed by atoms with Crippen molar-refractivity contribution in [3.05, 3.63) is 17.2 Å². The van der Waals surface area contributed by atoms with Crippen LogP contribution in [-0.4, -0.2) is 18.0 Å². The fourth-order valence-electron chi connectivity index (χ4n) is 1.75. The summed E-state index contributed by atoms with van der Waals surface area (Å²) >= 11 is 0. The first-order valence-corrected chi connectivity index (χ1v) is 4.36. The number of methoxy groups -OCH3 is 1. The van der Waals surface area contributed by atoms with Gasteiger partial charge in [-0.2, -0.15) is 0 Å². The van der Waals surface area contributed by atoms with E-state index < -0.39 is 0 Å². The van der Waals surface area contributed by atoms with Gasteiger partial charge in [0.2, 0.25) is 0 Å². The Hall–Kier alpha value is -1.71. The predicted molar refractivity (Wildman–Crippen MR) is 51.7 cm³/mol. The Kier molecular flexibility index (Phi) is 1.84. The number of fused-ring (bicyclic) bond motifs is 1. The van der Waals surface area contributed by atoms with E-state index in [0.29, 0.717) is 18.4 Å². The van der Waals surface area contributed by atoms with Crippen molar-refractivity contribution in [1.82, 2.24) is 0 Å². The van der Waals surface area contributed by atoms with Crippen molar-refractivity contribution in [1.29, 1.82) is 0 Å². The second-order valence-electron chi connectivity index (χ2n) is 3.29. The molecule has 0 bridgehead atoms. The molecule has 0 unspecified atom stereocenters. The number of aromatic hydroxyl groups is 1. The third-order valence-corrected chi connectivity index (χ3v) is 2.54. The van der Waals surface area contributed by atoms with E-state index in [-0.39, 0.29) is 23.0 Å². The molecule has 0 heterocycles.